The molecule has 4 aliphatic carbocycles. The highest BCUT2D eigenvalue weighted by Gasteiger charge is 2.50. The van der Waals surface area contributed by atoms with Crippen molar-refractivity contribution in [1.29, 1.82) is 0 Å². The number of aryl methyl sites for hydroxylation is 1. The van der Waals surface area contributed by atoms with E-state index in [0.29, 0.717) is 41.3 Å². The van der Waals surface area contributed by atoms with Gasteiger partial charge < -0.3 is 19.3 Å². The second-order valence-corrected chi connectivity index (χ2v) is 13.5. The molecule has 3 aromatic carbocycles. The van der Waals surface area contributed by atoms with Gasteiger partial charge in [0.05, 0.1) is 29.8 Å². The molecule has 9 heteroatoms. The Bertz CT molecular complexity index is 1710. The summed E-state index contributed by atoms with van der Waals surface area (Å²) in [6, 6.07) is 14.9. The van der Waals surface area contributed by atoms with Gasteiger partial charge >= 0.3 is 11.9 Å². The molecule has 0 radical (unpaired) electrons. The fourth-order valence-corrected chi connectivity index (χ4v) is 9.10. The third-order valence-electron chi connectivity index (χ3n) is 10.7. The average Bonchev–Trinajstić information content (AvgIpc) is 3.00. The van der Waals surface area contributed by atoms with E-state index in [2.05, 4.69) is 34.9 Å². The Morgan fingerprint density at radius 2 is 1.41 bits per heavy atom. The van der Waals surface area contributed by atoms with Gasteiger partial charge in [-0.1, -0.05) is 23.8 Å². The first-order valence-corrected chi connectivity index (χ1v) is 15.6. The zero-order valence-electron chi connectivity index (χ0n) is 25.0. The molecule has 0 atom stereocenters. The van der Waals surface area contributed by atoms with Crippen molar-refractivity contribution in [3.05, 3.63) is 86.5 Å². The van der Waals surface area contributed by atoms with Gasteiger partial charge in [0.2, 0.25) is 0 Å². The van der Waals surface area contributed by atoms with Crippen LogP contribution in [0.3, 0.4) is 0 Å². The van der Waals surface area contributed by atoms with Crippen LogP contribution in [0.15, 0.2) is 48.5 Å². The first kappa shape index (κ1) is 27.2. The molecule has 3 aromatic rings. The molecule has 2 heterocycles. The Labute approximate surface area is 255 Å². The lowest BCUT2D eigenvalue weighted by Crippen LogP contribution is -2.50. The van der Waals surface area contributed by atoms with E-state index < -0.39 is 16.9 Å². The number of carbonyl (C=O) groups is 2. The van der Waals surface area contributed by atoms with Crippen molar-refractivity contribution in [3.63, 3.8) is 0 Å². The van der Waals surface area contributed by atoms with Crippen molar-refractivity contribution < 1.29 is 24.0 Å². The first-order valence-electron chi connectivity index (χ1n) is 15.6. The Morgan fingerprint density at radius 1 is 0.818 bits per heavy atom. The number of nitro benzene ring substituents is 1. The standard InChI is InChI=1S/C35H35N3O6/c1-19-3-5-30-25(7-19)16-36-18-37(30)17-26-13-22(4-6-31(26)36)32-28(34(39)43-2)14-27(38(41)42)15-29(32)35(40)44-33-23-9-20-8-21(11-23)12-24(33)10-20/h3-7,13-15,20-21,23-24,33H,8-12,16-18H2,1-2H3. The number of benzene rings is 3. The molecule has 0 saturated heterocycles. The molecule has 4 fully saturated rings. The molecule has 9 nitrogen and oxygen atoms in total. The zero-order chi connectivity index (χ0) is 30.3. The number of nitro groups is 1. The number of fused-ring (bicyclic) bond motifs is 6. The number of hydrogen-bond donors (Lipinski definition) is 0. The topological polar surface area (TPSA) is 102 Å². The fourth-order valence-electron chi connectivity index (χ4n) is 9.10. The monoisotopic (exact) mass is 593 g/mol. The van der Waals surface area contributed by atoms with Crippen LogP contribution in [0.2, 0.25) is 0 Å². The Balaban J connectivity index is 1.20. The number of hydrogen-bond acceptors (Lipinski definition) is 8. The van der Waals surface area contributed by atoms with Crippen LogP contribution in [-0.4, -0.2) is 36.7 Å². The lowest BCUT2D eigenvalue weighted by atomic mass is 9.55. The van der Waals surface area contributed by atoms with Crippen molar-refractivity contribution in [2.45, 2.75) is 58.2 Å². The van der Waals surface area contributed by atoms with E-state index in [4.69, 9.17) is 9.47 Å². The second kappa shape index (κ2) is 10.1. The molecule has 0 amide bonds. The van der Waals surface area contributed by atoms with Gasteiger partial charge in [-0.05, 0) is 97.6 Å². The minimum absolute atomic E-state index is 0.0175. The van der Waals surface area contributed by atoms with Crippen molar-refractivity contribution in [3.8, 4) is 11.1 Å². The van der Waals surface area contributed by atoms with Crippen LogP contribution in [0.25, 0.3) is 11.1 Å². The lowest BCUT2D eigenvalue weighted by molar-refractivity contribution is -0.384. The maximum Gasteiger partial charge on any atom is 0.339 e. The summed E-state index contributed by atoms with van der Waals surface area (Å²) in [6.07, 6.45) is 5.36. The highest BCUT2D eigenvalue weighted by Crippen LogP contribution is 2.55. The summed E-state index contributed by atoms with van der Waals surface area (Å²) in [6.45, 7) is 4.32. The fraction of sp³-hybridized carbons (Fsp3) is 0.429. The lowest BCUT2D eigenvalue weighted by Gasteiger charge is -2.53. The number of methoxy groups -OCH3 is 1. The van der Waals surface area contributed by atoms with Gasteiger partial charge in [0.15, 0.2) is 0 Å². The van der Waals surface area contributed by atoms with Gasteiger partial charge in [-0.25, -0.2) is 9.59 Å². The summed E-state index contributed by atoms with van der Waals surface area (Å²) >= 11 is 0. The summed E-state index contributed by atoms with van der Waals surface area (Å²) < 4.78 is 11.4. The van der Waals surface area contributed by atoms with Crippen molar-refractivity contribution >= 4 is 29.0 Å². The molecule has 6 aliphatic rings. The molecule has 6 bridgehead atoms. The van der Waals surface area contributed by atoms with Crippen molar-refractivity contribution in [2.75, 3.05) is 23.6 Å². The number of anilines is 2. The van der Waals surface area contributed by atoms with Crippen LogP contribution in [0.5, 0.6) is 0 Å². The van der Waals surface area contributed by atoms with Gasteiger partial charge in [0.1, 0.15) is 6.10 Å². The molecule has 0 spiro atoms. The van der Waals surface area contributed by atoms with E-state index in [-0.39, 0.29) is 22.9 Å². The molecular weight excluding hydrogens is 558 g/mol. The van der Waals surface area contributed by atoms with E-state index in [9.17, 15) is 19.7 Å². The van der Waals surface area contributed by atoms with Gasteiger partial charge in [0.25, 0.3) is 5.69 Å². The molecule has 9 rings (SSSR count). The summed E-state index contributed by atoms with van der Waals surface area (Å²) in [7, 11) is 1.24. The maximum atomic E-state index is 14.1. The van der Waals surface area contributed by atoms with Crippen LogP contribution in [-0.2, 0) is 22.6 Å². The van der Waals surface area contributed by atoms with Crippen molar-refractivity contribution in [1.82, 2.24) is 0 Å². The molecule has 0 aromatic heterocycles. The summed E-state index contributed by atoms with van der Waals surface area (Å²) in [5.74, 6) is 0.732. The molecule has 44 heavy (non-hydrogen) atoms. The zero-order valence-corrected chi connectivity index (χ0v) is 25.0. The minimum Gasteiger partial charge on any atom is -0.465 e. The Hall–Kier alpha value is -4.40. The predicted molar refractivity (Wildman–Crippen MR) is 165 cm³/mol. The van der Waals surface area contributed by atoms with E-state index in [1.54, 1.807) is 0 Å². The summed E-state index contributed by atoms with van der Waals surface area (Å²) in [4.78, 5) is 43.3. The second-order valence-electron chi connectivity index (χ2n) is 13.5. The first-order chi connectivity index (χ1) is 21.2. The van der Waals surface area contributed by atoms with E-state index >= 15 is 0 Å². The third-order valence-corrected chi connectivity index (χ3v) is 10.7. The predicted octanol–water partition coefficient (Wildman–Crippen LogP) is 6.64. The molecule has 4 saturated carbocycles. The molecule has 2 aliphatic heterocycles. The highest BCUT2D eigenvalue weighted by molar-refractivity contribution is 6.07. The summed E-state index contributed by atoms with van der Waals surface area (Å²) in [5, 5.41) is 12.0. The van der Waals surface area contributed by atoms with Crippen LogP contribution in [0.4, 0.5) is 17.1 Å². The van der Waals surface area contributed by atoms with E-state index in [0.717, 1.165) is 50.1 Å². The number of ether oxygens (including phenoxy) is 2. The molecule has 0 unspecified atom stereocenters. The summed E-state index contributed by atoms with van der Waals surface area (Å²) in [5.41, 5.74) is 6.47. The van der Waals surface area contributed by atoms with Crippen LogP contribution in [0, 0.1) is 40.7 Å². The number of nitrogens with zero attached hydrogens (tertiary/aromatic N) is 3. The van der Waals surface area contributed by atoms with Gasteiger partial charge in [0, 0.05) is 42.2 Å². The van der Waals surface area contributed by atoms with Gasteiger partial charge in [-0.2, -0.15) is 0 Å². The van der Waals surface area contributed by atoms with Crippen molar-refractivity contribution in [2.24, 2.45) is 23.7 Å². The number of carbonyl (C=O) groups excluding carboxylic acids is 2. The molecular formula is C35H35N3O6. The largest absolute Gasteiger partial charge is 0.465 e. The average molecular weight is 594 g/mol. The normalized spacial score (nSPS) is 25.7. The number of esters is 2. The third kappa shape index (κ3) is 4.35. The van der Waals surface area contributed by atoms with Gasteiger partial charge in [-0.3, -0.25) is 10.1 Å². The highest BCUT2D eigenvalue weighted by atomic mass is 16.6. The Kier molecular flexibility index (Phi) is 6.22. The SMILES string of the molecule is COC(=O)c1cc([N+](=O)[O-])cc(C(=O)OC2C3CC4CC(C3)CC2C4)c1-c1ccc2c(c1)CN1CN2Cc2cc(C)ccc21. The van der Waals surface area contributed by atoms with Crippen LogP contribution in [0.1, 0.15) is 69.5 Å². The molecule has 0 N–H and O–H groups in total. The number of rotatable bonds is 5. The Morgan fingerprint density at radius 3 is 2.02 bits per heavy atom. The van der Waals surface area contributed by atoms with E-state index in [1.807, 2.05) is 18.2 Å². The smallest absolute Gasteiger partial charge is 0.339 e. The maximum absolute atomic E-state index is 14.1. The number of non-ortho nitro benzene ring substituents is 1. The molecule has 226 valence electrons. The minimum atomic E-state index is -0.737. The van der Waals surface area contributed by atoms with E-state index in [1.165, 1.54) is 42.5 Å². The quantitative estimate of drug-likeness (QED) is 0.184. The van der Waals surface area contributed by atoms with Crippen LogP contribution >= 0.6 is 0 Å². The van der Waals surface area contributed by atoms with Gasteiger partial charge in [-0.15, -0.1) is 0 Å². The van der Waals surface area contributed by atoms with Crippen LogP contribution < -0.4 is 9.80 Å².